The first kappa shape index (κ1) is 20.6. The van der Waals surface area contributed by atoms with E-state index in [0.717, 1.165) is 19.3 Å². The average Bonchev–Trinajstić information content (AvgIpc) is 2.80. The van der Waals surface area contributed by atoms with E-state index in [0.29, 0.717) is 17.0 Å². The predicted octanol–water partition coefficient (Wildman–Crippen LogP) is 6.17. The summed E-state index contributed by atoms with van der Waals surface area (Å²) in [6.45, 7) is 4.94. The Labute approximate surface area is 180 Å². The molecule has 0 aromatic heterocycles. The summed E-state index contributed by atoms with van der Waals surface area (Å²) in [6, 6.07) is 31.1. The molecule has 0 saturated heterocycles. The van der Waals surface area contributed by atoms with E-state index in [4.69, 9.17) is 4.74 Å². The molecule has 0 N–H and O–H groups in total. The van der Waals surface area contributed by atoms with Gasteiger partial charge in [0.1, 0.15) is 6.10 Å². The van der Waals surface area contributed by atoms with Gasteiger partial charge < -0.3 is 4.74 Å². The molecule has 30 heavy (non-hydrogen) atoms. The van der Waals surface area contributed by atoms with Crippen LogP contribution in [-0.2, 0) is 4.74 Å². The lowest BCUT2D eigenvalue weighted by atomic mass is 9.82. The quantitative estimate of drug-likeness (QED) is 0.369. The van der Waals surface area contributed by atoms with E-state index in [1.54, 1.807) is 0 Å². The Morgan fingerprint density at radius 2 is 1.33 bits per heavy atom. The smallest absolute Gasteiger partial charge is 0.338 e. The number of benzene rings is 3. The third-order valence-corrected chi connectivity index (χ3v) is 11.1. The number of ether oxygens (including phenoxy) is 1. The zero-order valence-corrected chi connectivity index (χ0v) is 18.8. The van der Waals surface area contributed by atoms with E-state index in [-0.39, 0.29) is 12.1 Å². The first-order valence-electron chi connectivity index (χ1n) is 10.9. The lowest BCUT2D eigenvalue weighted by Gasteiger charge is -2.42. The Balaban J connectivity index is 1.59. The van der Waals surface area contributed by atoms with Crippen molar-refractivity contribution in [3.05, 3.63) is 102 Å². The van der Waals surface area contributed by atoms with Crippen molar-refractivity contribution < 1.29 is 9.53 Å². The highest BCUT2D eigenvalue weighted by Gasteiger charge is 2.41. The van der Waals surface area contributed by atoms with Crippen molar-refractivity contribution >= 4 is 19.2 Å². The van der Waals surface area contributed by atoms with Crippen LogP contribution in [0, 0.1) is 0 Å². The van der Waals surface area contributed by atoms with Gasteiger partial charge in [-0.05, 0) is 48.4 Å². The zero-order valence-electron chi connectivity index (χ0n) is 17.8. The first-order chi connectivity index (χ1) is 14.5. The lowest BCUT2D eigenvalue weighted by Crippen LogP contribution is -2.49. The van der Waals surface area contributed by atoms with Gasteiger partial charge >= 0.3 is 5.97 Å². The Morgan fingerprint density at radius 3 is 1.97 bits per heavy atom. The standard InChI is InChI=1S/C27H30O2Si/c1-30(2,25-16-10-5-11-17-25)26-19-23(21-12-6-3-7-13-21)18-24(20-26)29-27(28)22-14-8-4-9-15-22/h3-17,23-24,26H,18-20H2,1-2H3/t23-,24?,26+/m0/s1. The van der Waals surface area contributed by atoms with Crippen LogP contribution >= 0.6 is 0 Å². The molecule has 1 aliphatic rings. The van der Waals surface area contributed by atoms with Gasteiger partial charge in [-0.25, -0.2) is 4.79 Å². The van der Waals surface area contributed by atoms with Gasteiger partial charge in [0, 0.05) is 0 Å². The summed E-state index contributed by atoms with van der Waals surface area (Å²) in [6.07, 6.45) is 2.98. The molecule has 0 bridgehead atoms. The van der Waals surface area contributed by atoms with Gasteiger partial charge in [0.15, 0.2) is 0 Å². The molecule has 1 fully saturated rings. The normalized spacial score (nSPS) is 21.7. The maximum atomic E-state index is 12.8. The highest BCUT2D eigenvalue weighted by molar-refractivity contribution is 6.91. The number of esters is 1. The van der Waals surface area contributed by atoms with Crippen molar-refractivity contribution in [2.75, 3.05) is 0 Å². The van der Waals surface area contributed by atoms with Crippen LogP contribution in [0.5, 0.6) is 0 Å². The van der Waals surface area contributed by atoms with Crippen LogP contribution in [0.3, 0.4) is 0 Å². The average molecular weight is 415 g/mol. The largest absolute Gasteiger partial charge is 0.459 e. The van der Waals surface area contributed by atoms with Crippen molar-refractivity contribution in [3.8, 4) is 0 Å². The van der Waals surface area contributed by atoms with Gasteiger partial charge in [-0.3, -0.25) is 0 Å². The van der Waals surface area contributed by atoms with E-state index < -0.39 is 8.07 Å². The van der Waals surface area contributed by atoms with Crippen LogP contribution in [0.15, 0.2) is 91.0 Å². The first-order valence-corrected chi connectivity index (χ1v) is 14.0. The van der Waals surface area contributed by atoms with Crippen LogP contribution in [0.2, 0.25) is 18.6 Å². The molecule has 2 nitrogen and oxygen atoms in total. The summed E-state index contributed by atoms with van der Waals surface area (Å²) in [4.78, 5) is 12.8. The highest BCUT2D eigenvalue weighted by Crippen LogP contribution is 2.45. The molecule has 4 rings (SSSR count). The van der Waals surface area contributed by atoms with Crippen LogP contribution in [0.25, 0.3) is 0 Å². The van der Waals surface area contributed by atoms with Crippen LogP contribution in [0.4, 0.5) is 0 Å². The van der Waals surface area contributed by atoms with Gasteiger partial charge in [0.25, 0.3) is 0 Å². The van der Waals surface area contributed by atoms with E-state index in [2.05, 4.69) is 73.8 Å². The van der Waals surface area contributed by atoms with Crippen molar-refractivity contribution in [2.24, 2.45) is 0 Å². The van der Waals surface area contributed by atoms with Crippen molar-refractivity contribution in [1.82, 2.24) is 0 Å². The highest BCUT2D eigenvalue weighted by atomic mass is 28.3. The molecule has 1 unspecified atom stereocenters. The molecular weight excluding hydrogens is 384 g/mol. The molecule has 0 amide bonds. The minimum Gasteiger partial charge on any atom is -0.459 e. The minimum atomic E-state index is -1.72. The molecule has 0 spiro atoms. The fraction of sp³-hybridized carbons (Fsp3) is 0.296. The molecule has 154 valence electrons. The maximum absolute atomic E-state index is 12.8. The second-order valence-electron chi connectivity index (χ2n) is 8.99. The lowest BCUT2D eigenvalue weighted by molar-refractivity contribution is 0.0185. The summed E-state index contributed by atoms with van der Waals surface area (Å²) in [5, 5.41) is 1.48. The summed E-state index contributed by atoms with van der Waals surface area (Å²) in [5.74, 6) is 0.223. The summed E-state index contributed by atoms with van der Waals surface area (Å²) >= 11 is 0. The molecule has 0 heterocycles. The fourth-order valence-corrected chi connectivity index (χ4v) is 8.10. The van der Waals surface area contributed by atoms with E-state index in [1.165, 1.54) is 10.8 Å². The van der Waals surface area contributed by atoms with Gasteiger partial charge in [0.05, 0.1) is 13.6 Å². The third kappa shape index (κ3) is 4.57. The molecule has 3 heteroatoms. The molecule has 1 saturated carbocycles. The van der Waals surface area contributed by atoms with Crippen LogP contribution < -0.4 is 5.19 Å². The summed E-state index contributed by atoms with van der Waals surface area (Å²) < 4.78 is 6.07. The van der Waals surface area contributed by atoms with Crippen LogP contribution in [0.1, 0.15) is 41.1 Å². The second kappa shape index (κ2) is 9.01. The Kier molecular flexibility index (Phi) is 6.19. The van der Waals surface area contributed by atoms with Crippen molar-refractivity contribution in [1.29, 1.82) is 0 Å². The van der Waals surface area contributed by atoms with E-state index in [1.807, 2.05) is 30.3 Å². The second-order valence-corrected chi connectivity index (χ2v) is 13.8. The fourth-order valence-electron chi connectivity index (χ4n) is 4.85. The molecule has 0 radical (unpaired) electrons. The molecule has 1 aliphatic carbocycles. The van der Waals surface area contributed by atoms with E-state index in [9.17, 15) is 4.79 Å². The monoisotopic (exact) mass is 414 g/mol. The van der Waals surface area contributed by atoms with Gasteiger partial charge in [-0.1, -0.05) is 97.1 Å². The van der Waals surface area contributed by atoms with Crippen molar-refractivity contribution in [3.63, 3.8) is 0 Å². The Morgan fingerprint density at radius 1 is 0.767 bits per heavy atom. The predicted molar refractivity (Wildman–Crippen MR) is 126 cm³/mol. The molecule has 0 aliphatic heterocycles. The number of hydrogen-bond acceptors (Lipinski definition) is 2. The number of carbonyl (C=O) groups is 1. The topological polar surface area (TPSA) is 26.3 Å². The Hall–Kier alpha value is -2.65. The maximum Gasteiger partial charge on any atom is 0.338 e. The SMILES string of the molecule is C[Si](C)(c1ccccc1)[C@H]1CC(OC(=O)c2ccccc2)C[C@H](c2ccccc2)C1. The van der Waals surface area contributed by atoms with Gasteiger partial charge in [0.2, 0.25) is 0 Å². The third-order valence-electron chi connectivity index (χ3n) is 6.76. The Bertz CT molecular complexity index is 954. The van der Waals surface area contributed by atoms with Crippen LogP contribution in [-0.4, -0.2) is 20.1 Å². The molecule has 3 aromatic carbocycles. The van der Waals surface area contributed by atoms with Gasteiger partial charge in [-0.2, -0.15) is 0 Å². The summed E-state index contributed by atoms with van der Waals surface area (Å²) in [7, 11) is -1.72. The minimum absolute atomic E-state index is 0.0443. The zero-order chi connectivity index (χ0) is 21.0. The number of hydrogen-bond donors (Lipinski definition) is 0. The van der Waals surface area contributed by atoms with Gasteiger partial charge in [-0.15, -0.1) is 0 Å². The molecular formula is C27H30O2Si. The number of rotatable bonds is 5. The van der Waals surface area contributed by atoms with Crippen molar-refractivity contribution in [2.45, 2.75) is 49.9 Å². The molecule has 3 atom stereocenters. The number of carbonyl (C=O) groups excluding carboxylic acids is 1. The van der Waals surface area contributed by atoms with E-state index >= 15 is 0 Å². The molecule has 3 aromatic rings. The summed E-state index contributed by atoms with van der Waals surface area (Å²) in [5.41, 5.74) is 2.56.